The van der Waals surface area contributed by atoms with Crippen molar-refractivity contribution in [3.05, 3.63) is 64.7 Å². The highest BCUT2D eigenvalue weighted by Gasteiger charge is 2.16. The fourth-order valence-electron chi connectivity index (χ4n) is 2.30. The molecule has 2 aromatic carbocycles. The minimum absolute atomic E-state index is 0.0991. The topological polar surface area (TPSA) is 83.6 Å². The molecule has 0 bridgehead atoms. The maximum absolute atomic E-state index is 12.2. The third kappa shape index (κ3) is 6.08. The van der Waals surface area contributed by atoms with Gasteiger partial charge in [0.1, 0.15) is 0 Å². The van der Waals surface area contributed by atoms with Gasteiger partial charge < -0.3 is 10.2 Å². The summed E-state index contributed by atoms with van der Waals surface area (Å²) in [5.74, 6) is -0.740. The first-order valence-corrected chi connectivity index (χ1v) is 10.3. The Kier molecular flexibility index (Phi) is 6.98. The van der Waals surface area contributed by atoms with Crippen LogP contribution in [0.25, 0.3) is 0 Å². The Morgan fingerprint density at radius 1 is 1.00 bits per heavy atom. The molecule has 2 aromatic rings. The van der Waals surface area contributed by atoms with Gasteiger partial charge >= 0.3 is 0 Å². The smallest absolute Gasteiger partial charge is 0.253 e. The molecule has 8 heteroatoms. The van der Waals surface area contributed by atoms with Crippen LogP contribution in [0, 0.1) is 0 Å². The third-order valence-corrected chi connectivity index (χ3v) is 5.85. The lowest BCUT2D eigenvalue weighted by atomic mass is 10.1. The molecule has 0 aliphatic heterocycles. The molecule has 27 heavy (non-hydrogen) atoms. The van der Waals surface area contributed by atoms with Crippen LogP contribution in [0.5, 0.6) is 0 Å². The monoisotopic (exact) mass is 408 g/mol. The highest BCUT2D eigenvalue weighted by atomic mass is 35.5. The number of carbonyl (C=O) groups excluding carboxylic acids is 2. The van der Waals surface area contributed by atoms with Crippen molar-refractivity contribution in [1.29, 1.82) is 0 Å². The zero-order valence-electron chi connectivity index (χ0n) is 15.1. The number of hydrogen-bond acceptors (Lipinski definition) is 4. The number of amides is 2. The van der Waals surface area contributed by atoms with Crippen molar-refractivity contribution in [2.45, 2.75) is 17.9 Å². The van der Waals surface area contributed by atoms with Crippen molar-refractivity contribution in [1.82, 2.24) is 10.2 Å². The van der Waals surface area contributed by atoms with Crippen molar-refractivity contribution >= 4 is 33.3 Å². The minimum Gasteiger partial charge on any atom is -0.352 e. The van der Waals surface area contributed by atoms with Crippen LogP contribution in [0.3, 0.4) is 0 Å². The molecule has 1 N–H and O–H groups in total. The predicted molar refractivity (Wildman–Crippen MR) is 104 cm³/mol. The summed E-state index contributed by atoms with van der Waals surface area (Å²) >= 11 is 5.75. The van der Waals surface area contributed by atoms with Crippen LogP contribution in [-0.4, -0.2) is 45.0 Å². The Balaban J connectivity index is 1.85. The summed E-state index contributed by atoms with van der Waals surface area (Å²) in [7, 11) is -0.190. The lowest BCUT2D eigenvalue weighted by Gasteiger charge is -2.11. The Morgan fingerprint density at radius 2 is 1.59 bits per heavy atom. The summed E-state index contributed by atoms with van der Waals surface area (Å²) in [6, 6.07) is 12.7. The first-order chi connectivity index (χ1) is 12.7. The Morgan fingerprint density at radius 3 is 2.15 bits per heavy atom. The van der Waals surface area contributed by atoms with Gasteiger partial charge in [-0.05, 0) is 42.0 Å². The van der Waals surface area contributed by atoms with Crippen LogP contribution in [0.15, 0.2) is 53.4 Å². The van der Waals surface area contributed by atoms with E-state index in [9.17, 15) is 18.0 Å². The molecular weight excluding hydrogens is 388 g/mol. The zero-order valence-corrected chi connectivity index (χ0v) is 16.7. The van der Waals surface area contributed by atoms with Gasteiger partial charge in [-0.25, -0.2) is 8.42 Å². The molecule has 2 amide bonds. The van der Waals surface area contributed by atoms with Gasteiger partial charge in [-0.3, -0.25) is 9.59 Å². The van der Waals surface area contributed by atoms with E-state index in [4.69, 9.17) is 11.6 Å². The molecule has 0 saturated carbocycles. The molecule has 0 radical (unpaired) electrons. The Bertz CT molecular complexity index is 908. The fraction of sp³-hybridized carbons (Fsp3) is 0.263. The van der Waals surface area contributed by atoms with Crippen LogP contribution in [0.1, 0.15) is 22.3 Å². The lowest BCUT2D eigenvalue weighted by molar-refractivity contribution is -0.120. The number of nitrogens with one attached hydrogen (secondary N) is 1. The SMILES string of the molecule is CN(C)C(=O)c1ccc(CNC(=O)CCS(=O)(=O)c2ccc(Cl)cc2)cc1. The van der Waals surface area contributed by atoms with Crippen molar-refractivity contribution in [3.8, 4) is 0 Å². The molecule has 0 unspecified atom stereocenters. The quantitative estimate of drug-likeness (QED) is 0.763. The number of nitrogens with zero attached hydrogens (tertiary/aromatic N) is 1. The summed E-state index contributed by atoms with van der Waals surface area (Å²) in [5.41, 5.74) is 1.38. The number of rotatable bonds is 7. The van der Waals surface area contributed by atoms with Crippen molar-refractivity contribution in [3.63, 3.8) is 0 Å². The first kappa shape index (κ1) is 20.9. The molecule has 0 fully saturated rings. The van der Waals surface area contributed by atoms with E-state index in [0.717, 1.165) is 5.56 Å². The van der Waals surface area contributed by atoms with E-state index in [1.165, 1.54) is 29.2 Å². The van der Waals surface area contributed by atoms with Crippen molar-refractivity contribution in [2.75, 3.05) is 19.8 Å². The Labute approximate surface area is 164 Å². The second-order valence-corrected chi connectivity index (χ2v) is 8.74. The van der Waals surface area contributed by atoms with E-state index in [1.54, 1.807) is 38.4 Å². The summed E-state index contributed by atoms with van der Waals surface area (Å²) in [5, 5.41) is 3.13. The maximum Gasteiger partial charge on any atom is 0.253 e. The summed E-state index contributed by atoms with van der Waals surface area (Å²) < 4.78 is 24.4. The average molecular weight is 409 g/mol. The molecule has 6 nitrogen and oxygen atoms in total. The third-order valence-electron chi connectivity index (χ3n) is 3.87. The van der Waals surface area contributed by atoms with Gasteiger partial charge in [-0.1, -0.05) is 23.7 Å². The maximum atomic E-state index is 12.2. The van der Waals surface area contributed by atoms with Gasteiger partial charge in [0.25, 0.3) is 5.91 Å². The standard InChI is InChI=1S/C19H21ClN2O4S/c1-22(2)19(24)15-5-3-14(4-6-15)13-21-18(23)11-12-27(25,26)17-9-7-16(20)8-10-17/h3-10H,11-13H2,1-2H3,(H,21,23). The summed E-state index contributed by atoms with van der Waals surface area (Å²) in [6.07, 6.45) is -0.137. The van der Waals surface area contributed by atoms with Crippen LogP contribution in [-0.2, 0) is 21.2 Å². The van der Waals surface area contributed by atoms with Gasteiger partial charge in [-0.2, -0.15) is 0 Å². The van der Waals surface area contributed by atoms with E-state index in [-0.39, 0.29) is 35.4 Å². The average Bonchev–Trinajstić information content (AvgIpc) is 2.65. The van der Waals surface area contributed by atoms with E-state index < -0.39 is 9.84 Å². The molecule has 0 saturated heterocycles. The van der Waals surface area contributed by atoms with Gasteiger partial charge in [0.05, 0.1) is 10.6 Å². The molecule has 2 rings (SSSR count). The van der Waals surface area contributed by atoms with Crippen molar-refractivity contribution in [2.24, 2.45) is 0 Å². The number of carbonyl (C=O) groups is 2. The van der Waals surface area contributed by atoms with Gasteiger partial charge in [-0.15, -0.1) is 0 Å². The first-order valence-electron chi connectivity index (χ1n) is 8.24. The second-order valence-electron chi connectivity index (χ2n) is 6.20. The normalized spacial score (nSPS) is 11.1. The summed E-state index contributed by atoms with van der Waals surface area (Å²) in [6.45, 7) is 0.260. The molecule has 0 aromatic heterocycles. The zero-order chi connectivity index (χ0) is 20.0. The van der Waals surface area contributed by atoms with Crippen LogP contribution < -0.4 is 5.32 Å². The van der Waals surface area contributed by atoms with Gasteiger partial charge in [0.15, 0.2) is 9.84 Å². The predicted octanol–water partition coefficient (Wildman–Crippen LogP) is 2.52. The number of hydrogen-bond donors (Lipinski definition) is 1. The van der Waals surface area contributed by atoms with E-state index >= 15 is 0 Å². The summed E-state index contributed by atoms with van der Waals surface area (Å²) in [4.78, 5) is 25.4. The molecular formula is C19H21ClN2O4S. The van der Waals surface area contributed by atoms with Crippen molar-refractivity contribution < 1.29 is 18.0 Å². The van der Waals surface area contributed by atoms with E-state index in [1.807, 2.05) is 0 Å². The molecule has 144 valence electrons. The second kappa shape index (κ2) is 9.01. The molecule has 0 atom stereocenters. The largest absolute Gasteiger partial charge is 0.352 e. The van der Waals surface area contributed by atoms with Gasteiger partial charge in [0.2, 0.25) is 5.91 Å². The molecule has 0 aliphatic rings. The lowest BCUT2D eigenvalue weighted by Crippen LogP contribution is -2.25. The number of sulfone groups is 1. The van der Waals surface area contributed by atoms with Crippen LogP contribution >= 0.6 is 11.6 Å². The Hall–Kier alpha value is -2.38. The van der Waals surface area contributed by atoms with E-state index in [2.05, 4.69) is 5.32 Å². The van der Waals surface area contributed by atoms with Crippen LogP contribution in [0.4, 0.5) is 0 Å². The number of halogens is 1. The highest BCUT2D eigenvalue weighted by Crippen LogP contribution is 2.16. The van der Waals surface area contributed by atoms with Crippen LogP contribution in [0.2, 0.25) is 5.02 Å². The minimum atomic E-state index is -3.54. The molecule has 0 spiro atoms. The molecule has 0 aliphatic carbocycles. The highest BCUT2D eigenvalue weighted by molar-refractivity contribution is 7.91. The van der Waals surface area contributed by atoms with Gasteiger partial charge in [0, 0.05) is 37.6 Å². The molecule has 0 heterocycles. The van der Waals surface area contributed by atoms with E-state index in [0.29, 0.717) is 10.6 Å². The number of benzene rings is 2. The fourth-order valence-corrected chi connectivity index (χ4v) is 3.67.